The molecule has 2 aromatic carbocycles. The number of nitrogens with one attached hydrogen (secondary N) is 1. The SMILES string of the molecule is CCc1ccc(-c2noc(CSCC(=O)Nc3ccc(Br)cc3)n2)cc1. The van der Waals surface area contributed by atoms with Crippen LogP contribution in [0.25, 0.3) is 11.4 Å². The molecule has 0 fully saturated rings. The molecule has 3 rings (SSSR count). The van der Waals surface area contributed by atoms with E-state index in [2.05, 4.69) is 50.4 Å². The third-order valence-corrected chi connectivity index (χ3v) is 5.12. The van der Waals surface area contributed by atoms with Crippen molar-refractivity contribution in [2.75, 3.05) is 11.1 Å². The number of nitrogens with zero attached hydrogens (tertiary/aromatic N) is 2. The van der Waals surface area contributed by atoms with Crippen molar-refractivity contribution in [3.63, 3.8) is 0 Å². The Morgan fingerprint density at radius 2 is 1.88 bits per heavy atom. The predicted octanol–water partition coefficient (Wildman–Crippen LogP) is 4.93. The molecule has 7 heteroatoms. The first-order valence-corrected chi connectivity index (χ1v) is 10.1. The fourth-order valence-corrected chi connectivity index (χ4v) is 3.20. The summed E-state index contributed by atoms with van der Waals surface area (Å²) in [5, 5.41) is 6.86. The molecule has 0 saturated carbocycles. The lowest BCUT2D eigenvalue weighted by Gasteiger charge is -2.04. The van der Waals surface area contributed by atoms with Gasteiger partial charge in [-0.3, -0.25) is 4.79 Å². The molecule has 1 N–H and O–H groups in total. The average Bonchev–Trinajstić information content (AvgIpc) is 3.12. The molecule has 0 aliphatic rings. The second-order valence-corrected chi connectivity index (χ2v) is 7.51. The normalized spacial score (nSPS) is 10.7. The molecule has 0 radical (unpaired) electrons. The number of anilines is 1. The van der Waals surface area contributed by atoms with Crippen molar-refractivity contribution in [3.05, 3.63) is 64.5 Å². The minimum Gasteiger partial charge on any atom is -0.338 e. The summed E-state index contributed by atoms with van der Waals surface area (Å²) in [7, 11) is 0. The number of benzene rings is 2. The van der Waals surface area contributed by atoms with E-state index in [1.54, 1.807) is 0 Å². The first-order chi connectivity index (χ1) is 12.6. The van der Waals surface area contributed by atoms with E-state index in [1.165, 1.54) is 17.3 Å². The second kappa shape index (κ2) is 9.00. The van der Waals surface area contributed by atoms with Crippen molar-refractivity contribution in [2.24, 2.45) is 0 Å². The number of hydrogen-bond acceptors (Lipinski definition) is 5. The Hall–Kier alpha value is -2.12. The Bertz CT molecular complexity index is 863. The molecule has 0 aliphatic heterocycles. The summed E-state index contributed by atoms with van der Waals surface area (Å²) in [6.07, 6.45) is 0.997. The summed E-state index contributed by atoms with van der Waals surface area (Å²) in [4.78, 5) is 16.4. The standard InChI is InChI=1S/C19H18BrN3O2S/c1-2-13-3-5-14(6-4-13)19-22-18(25-23-19)12-26-11-17(24)21-16-9-7-15(20)8-10-16/h3-10H,2,11-12H2,1H3,(H,21,24). The maximum atomic E-state index is 12.0. The van der Waals surface area contributed by atoms with Crippen molar-refractivity contribution >= 4 is 39.3 Å². The van der Waals surface area contributed by atoms with Gasteiger partial charge in [-0.05, 0) is 36.2 Å². The van der Waals surface area contributed by atoms with E-state index in [0.29, 0.717) is 23.2 Å². The van der Waals surface area contributed by atoms with Crippen molar-refractivity contribution in [3.8, 4) is 11.4 Å². The summed E-state index contributed by atoms with van der Waals surface area (Å²) in [6.45, 7) is 2.12. The monoisotopic (exact) mass is 431 g/mol. The van der Waals surface area contributed by atoms with Gasteiger partial charge < -0.3 is 9.84 Å². The maximum Gasteiger partial charge on any atom is 0.236 e. The number of carbonyl (C=O) groups excluding carboxylic acids is 1. The summed E-state index contributed by atoms with van der Waals surface area (Å²) >= 11 is 4.80. The van der Waals surface area contributed by atoms with Gasteiger partial charge in [0.1, 0.15) is 0 Å². The summed E-state index contributed by atoms with van der Waals surface area (Å²) in [5.74, 6) is 1.84. The van der Waals surface area contributed by atoms with E-state index in [0.717, 1.165) is 22.1 Å². The Morgan fingerprint density at radius 1 is 1.15 bits per heavy atom. The third kappa shape index (κ3) is 5.19. The minimum absolute atomic E-state index is 0.0628. The zero-order chi connectivity index (χ0) is 18.4. The molecule has 0 bridgehead atoms. The lowest BCUT2D eigenvalue weighted by Crippen LogP contribution is -2.14. The van der Waals surface area contributed by atoms with Crippen LogP contribution in [0.3, 0.4) is 0 Å². The fourth-order valence-electron chi connectivity index (χ4n) is 2.28. The minimum atomic E-state index is -0.0628. The van der Waals surface area contributed by atoms with E-state index in [-0.39, 0.29) is 5.91 Å². The smallest absolute Gasteiger partial charge is 0.236 e. The molecule has 1 heterocycles. The first kappa shape index (κ1) is 18.7. The van der Waals surface area contributed by atoms with Gasteiger partial charge in [-0.15, -0.1) is 11.8 Å². The van der Waals surface area contributed by atoms with Gasteiger partial charge in [0.05, 0.1) is 11.5 Å². The van der Waals surface area contributed by atoms with Crippen LogP contribution < -0.4 is 5.32 Å². The quantitative estimate of drug-likeness (QED) is 0.573. The number of halogens is 1. The van der Waals surface area contributed by atoms with Crippen LogP contribution in [0.4, 0.5) is 5.69 Å². The topological polar surface area (TPSA) is 68.0 Å². The molecule has 0 saturated heterocycles. The highest BCUT2D eigenvalue weighted by Crippen LogP contribution is 2.19. The number of carbonyl (C=O) groups is 1. The maximum absolute atomic E-state index is 12.0. The number of thioether (sulfide) groups is 1. The van der Waals surface area contributed by atoms with Crippen LogP contribution in [0.5, 0.6) is 0 Å². The number of hydrogen-bond donors (Lipinski definition) is 1. The molecular formula is C19H18BrN3O2S. The zero-order valence-corrected chi connectivity index (χ0v) is 16.6. The Labute approximate surface area is 164 Å². The molecule has 26 heavy (non-hydrogen) atoms. The molecule has 0 spiro atoms. The van der Waals surface area contributed by atoms with Crippen LogP contribution in [-0.2, 0) is 17.0 Å². The van der Waals surface area contributed by atoms with E-state index >= 15 is 0 Å². The Morgan fingerprint density at radius 3 is 2.58 bits per heavy atom. The van der Waals surface area contributed by atoms with E-state index in [4.69, 9.17) is 4.52 Å². The van der Waals surface area contributed by atoms with Gasteiger partial charge in [-0.2, -0.15) is 4.98 Å². The van der Waals surface area contributed by atoms with Gasteiger partial charge in [-0.25, -0.2) is 0 Å². The van der Waals surface area contributed by atoms with Crippen LogP contribution in [0, 0.1) is 0 Å². The summed E-state index contributed by atoms with van der Waals surface area (Å²) in [6, 6.07) is 15.6. The highest BCUT2D eigenvalue weighted by Gasteiger charge is 2.10. The van der Waals surface area contributed by atoms with Crippen LogP contribution in [0.1, 0.15) is 18.4 Å². The van der Waals surface area contributed by atoms with Crippen LogP contribution in [0.2, 0.25) is 0 Å². The number of aryl methyl sites for hydroxylation is 1. The third-order valence-electron chi connectivity index (χ3n) is 3.68. The first-order valence-electron chi connectivity index (χ1n) is 8.19. The van der Waals surface area contributed by atoms with Crippen molar-refractivity contribution in [1.29, 1.82) is 0 Å². The molecule has 0 aliphatic carbocycles. The lowest BCUT2D eigenvalue weighted by molar-refractivity contribution is -0.113. The van der Waals surface area contributed by atoms with E-state index in [9.17, 15) is 4.79 Å². The zero-order valence-electron chi connectivity index (χ0n) is 14.2. The molecule has 1 aromatic heterocycles. The van der Waals surface area contributed by atoms with Crippen LogP contribution in [-0.4, -0.2) is 21.8 Å². The molecule has 134 valence electrons. The van der Waals surface area contributed by atoms with Crippen molar-refractivity contribution < 1.29 is 9.32 Å². The lowest BCUT2D eigenvalue weighted by atomic mass is 10.1. The summed E-state index contributed by atoms with van der Waals surface area (Å²) < 4.78 is 6.24. The van der Waals surface area contributed by atoms with Gasteiger partial charge in [0.15, 0.2) is 0 Å². The predicted molar refractivity (Wildman–Crippen MR) is 108 cm³/mol. The molecule has 5 nitrogen and oxygen atoms in total. The van der Waals surface area contributed by atoms with Gasteiger partial charge in [-0.1, -0.05) is 52.3 Å². The van der Waals surface area contributed by atoms with Gasteiger partial charge in [0, 0.05) is 15.7 Å². The molecule has 0 unspecified atom stereocenters. The molecule has 1 amide bonds. The number of rotatable bonds is 7. The van der Waals surface area contributed by atoms with E-state index < -0.39 is 0 Å². The van der Waals surface area contributed by atoms with Crippen LogP contribution in [0.15, 0.2) is 57.5 Å². The van der Waals surface area contributed by atoms with Gasteiger partial charge >= 0.3 is 0 Å². The van der Waals surface area contributed by atoms with Gasteiger partial charge in [0.25, 0.3) is 0 Å². The molecule has 3 aromatic rings. The molecule has 0 atom stereocenters. The fraction of sp³-hybridized carbons (Fsp3) is 0.211. The van der Waals surface area contributed by atoms with Crippen molar-refractivity contribution in [1.82, 2.24) is 10.1 Å². The highest BCUT2D eigenvalue weighted by atomic mass is 79.9. The van der Waals surface area contributed by atoms with Crippen LogP contribution >= 0.6 is 27.7 Å². The Kier molecular flexibility index (Phi) is 6.46. The van der Waals surface area contributed by atoms with E-state index in [1.807, 2.05) is 36.4 Å². The highest BCUT2D eigenvalue weighted by molar-refractivity contribution is 9.10. The number of aromatic nitrogens is 2. The average molecular weight is 432 g/mol. The van der Waals surface area contributed by atoms with Crippen molar-refractivity contribution in [2.45, 2.75) is 19.1 Å². The second-order valence-electron chi connectivity index (χ2n) is 5.61. The van der Waals surface area contributed by atoms with Gasteiger partial charge in [0.2, 0.25) is 17.6 Å². The summed E-state index contributed by atoms with van der Waals surface area (Å²) in [5.41, 5.74) is 2.97. The Balaban J connectivity index is 1.48. The number of amides is 1. The molecular weight excluding hydrogens is 414 g/mol. The largest absolute Gasteiger partial charge is 0.338 e.